The highest BCUT2D eigenvalue weighted by molar-refractivity contribution is 5.78. The van der Waals surface area contributed by atoms with Crippen LogP contribution in [0.25, 0.3) is 0 Å². The summed E-state index contributed by atoms with van der Waals surface area (Å²) in [6.07, 6.45) is 10.6. The van der Waals surface area contributed by atoms with Crippen molar-refractivity contribution >= 4 is 5.91 Å². The third-order valence-electron chi connectivity index (χ3n) is 13.3. The second-order valence-corrected chi connectivity index (χ2v) is 26.3. The summed E-state index contributed by atoms with van der Waals surface area (Å²) in [6, 6.07) is 0. The van der Waals surface area contributed by atoms with E-state index in [2.05, 4.69) is 167 Å². The third-order valence-corrected chi connectivity index (χ3v) is 13.3. The summed E-state index contributed by atoms with van der Waals surface area (Å²) in [4.78, 5) is 20.3. The summed E-state index contributed by atoms with van der Waals surface area (Å²) >= 11 is 0. The Balaban J connectivity index is 0.000000380. The highest BCUT2D eigenvalue weighted by Crippen LogP contribution is 2.33. The van der Waals surface area contributed by atoms with Gasteiger partial charge in [0.15, 0.2) is 5.88 Å². The molecule has 1 amide bonds. The van der Waals surface area contributed by atoms with Gasteiger partial charge in [-0.05, 0) is 170 Å². The van der Waals surface area contributed by atoms with Crippen molar-refractivity contribution in [3.63, 3.8) is 0 Å². The van der Waals surface area contributed by atoms with Crippen molar-refractivity contribution in [3.05, 3.63) is 12.5 Å². The number of ether oxygens (including phenoxy) is 5. The number of likely N-dealkylation sites (tertiary alicyclic amines) is 2. The number of carbonyl (C=O) groups is 1. The normalized spacial score (nSPS) is 24.5. The molecule has 7 aliphatic heterocycles. The fourth-order valence-electron chi connectivity index (χ4n) is 8.54. The number of carbonyl (C=O) groups excluding carboxylic acids is 1. The third kappa shape index (κ3) is 25.1. The van der Waals surface area contributed by atoms with Gasteiger partial charge in [-0.3, -0.25) is 14.6 Å². The number of morpholine rings is 1. The molecule has 10 heteroatoms. The van der Waals surface area contributed by atoms with Gasteiger partial charge in [0.1, 0.15) is 6.61 Å². The Bertz CT molecular complexity index is 1190. The first-order chi connectivity index (χ1) is 29.6. The van der Waals surface area contributed by atoms with Crippen molar-refractivity contribution in [2.24, 2.45) is 22.2 Å². The molecule has 0 aromatic carbocycles. The van der Waals surface area contributed by atoms with Crippen LogP contribution in [0, 0.1) is 22.2 Å². The number of hydrogen-bond donors (Lipinski definition) is 0. The second-order valence-electron chi connectivity index (χ2n) is 26.3. The minimum absolute atomic E-state index is 0.0353. The molecule has 0 aromatic rings. The molecule has 7 saturated heterocycles. The Kier molecular flexibility index (Phi) is 25.7. The Morgan fingerprint density at radius 3 is 1.12 bits per heavy atom. The molecule has 3 atom stereocenters. The fraction of sp³-hybridized carbons (Fsp3) is 0.945. The van der Waals surface area contributed by atoms with E-state index in [-0.39, 0.29) is 11.1 Å². The Morgan fingerprint density at radius 2 is 0.923 bits per heavy atom. The van der Waals surface area contributed by atoms with Crippen LogP contribution in [0.3, 0.4) is 0 Å². The molecule has 65 heavy (non-hydrogen) atoms. The van der Waals surface area contributed by atoms with E-state index in [1.54, 1.807) is 0 Å². The molecule has 0 bridgehead atoms. The van der Waals surface area contributed by atoms with Crippen LogP contribution < -0.4 is 0 Å². The molecule has 10 nitrogen and oxygen atoms in total. The van der Waals surface area contributed by atoms with Crippen LogP contribution in [0.4, 0.5) is 0 Å². The van der Waals surface area contributed by atoms with E-state index in [1.807, 2.05) is 4.90 Å². The van der Waals surface area contributed by atoms with Crippen molar-refractivity contribution in [2.75, 3.05) is 85.5 Å². The number of hydrogen-bond acceptors (Lipinski definition) is 9. The van der Waals surface area contributed by atoms with E-state index >= 15 is 0 Å². The van der Waals surface area contributed by atoms with Gasteiger partial charge in [-0.2, -0.15) is 0 Å². The van der Waals surface area contributed by atoms with E-state index in [0.29, 0.717) is 45.4 Å². The number of amides is 1. The van der Waals surface area contributed by atoms with Crippen molar-refractivity contribution < 1.29 is 28.5 Å². The van der Waals surface area contributed by atoms with Crippen LogP contribution in [0.2, 0.25) is 0 Å². The van der Waals surface area contributed by atoms with Gasteiger partial charge >= 0.3 is 0 Å². The van der Waals surface area contributed by atoms with E-state index in [9.17, 15) is 4.79 Å². The first-order valence-electron chi connectivity index (χ1n) is 25.8. The van der Waals surface area contributed by atoms with Crippen molar-refractivity contribution in [1.82, 2.24) is 19.6 Å². The van der Waals surface area contributed by atoms with Crippen LogP contribution in [-0.2, 0) is 28.5 Å². The Labute approximate surface area is 404 Å². The zero-order valence-electron chi connectivity index (χ0n) is 47.0. The summed E-state index contributed by atoms with van der Waals surface area (Å²) in [7, 11) is 0. The van der Waals surface area contributed by atoms with Gasteiger partial charge in [-0.1, -0.05) is 62.3 Å². The summed E-state index contributed by atoms with van der Waals surface area (Å²) in [5.74, 6) is 1.91. The minimum atomic E-state index is 0.0353. The van der Waals surface area contributed by atoms with E-state index < -0.39 is 0 Å². The molecule has 7 aliphatic rings. The maximum absolute atomic E-state index is 11.1. The molecule has 0 saturated carbocycles. The summed E-state index contributed by atoms with van der Waals surface area (Å²) in [5, 5.41) is 0. The van der Waals surface area contributed by atoms with Gasteiger partial charge in [-0.15, -0.1) is 0 Å². The van der Waals surface area contributed by atoms with Crippen LogP contribution in [-0.4, -0.2) is 145 Å². The average Bonchev–Trinajstić information content (AvgIpc) is 3.96. The molecule has 7 fully saturated rings. The lowest BCUT2D eigenvalue weighted by atomic mass is 9.80. The summed E-state index contributed by atoms with van der Waals surface area (Å²) in [5.41, 5.74) is 2.12. The quantitative estimate of drug-likeness (QED) is 0.236. The smallest absolute Gasteiger partial charge is 0.223 e. The van der Waals surface area contributed by atoms with Gasteiger partial charge < -0.3 is 33.5 Å². The van der Waals surface area contributed by atoms with Crippen LogP contribution >= 0.6 is 0 Å². The van der Waals surface area contributed by atoms with Crippen LogP contribution in [0.1, 0.15) is 197 Å². The van der Waals surface area contributed by atoms with Crippen molar-refractivity contribution in [3.8, 4) is 0 Å². The molecule has 7 heterocycles. The molecular formula is C55H110N4O6. The zero-order chi connectivity index (χ0) is 50.1. The fourth-order valence-corrected chi connectivity index (χ4v) is 8.54. The number of rotatable bonds is 0. The van der Waals surface area contributed by atoms with E-state index in [1.165, 1.54) is 51.6 Å². The van der Waals surface area contributed by atoms with Gasteiger partial charge in [0, 0.05) is 74.6 Å². The predicted octanol–water partition coefficient (Wildman–Crippen LogP) is 12.1. The first-order valence-corrected chi connectivity index (χ1v) is 25.8. The molecule has 0 spiro atoms. The minimum Gasteiger partial charge on any atom is -0.478 e. The highest BCUT2D eigenvalue weighted by Gasteiger charge is 2.32. The Morgan fingerprint density at radius 1 is 0.446 bits per heavy atom. The highest BCUT2D eigenvalue weighted by atomic mass is 16.5. The summed E-state index contributed by atoms with van der Waals surface area (Å²) in [6.45, 7) is 63.6. The van der Waals surface area contributed by atoms with Crippen molar-refractivity contribution in [2.45, 2.75) is 231 Å². The topological polar surface area (TPSA) is 76.2 Å². The summed E-state index contributed by atoms with van der Waals surface area (Å²) < 4.78 is 26.6. The van der Waals surface area contributed by atoms with Crippen LogP contribution in [0.15, 0.2) is 12.5 Å². The van der Waals surface area contributed by atoms with Gasteiger partial charge in [0.2, 0.25) is 5.91 Å². The maximum Gasteiger partial charge on any atom is 0.223 e. The van der Waals surface area contributed by atoms with E-state index in [0.717, 1.165) is 97.1 Å². The predicted molar refractivity (Wildman–Crippen MR) is 276 cm³/mol. The molecule has 0 radical (unpaired) electrons. The maximum atomic E-state index is 11.1. The largest absolute Gasteiger partial charge is 0.478 e. The monoisotopic (exact) mass is 923 g/mol. The van der Waals surface area contributed by atoms with Gasteiger partial charge in [0.25, 0.3) is 0 Å². The molecule has 386 valence electrons. The van der Waals surface area contributed by atoms with Gasteiger partial charge in [-0.25, -0.2) is 0 Å². The molecule has 0 aromatic heterocycles. The standard InChI is InChI=1S/C8H15NO.C8H17NO.C8H15NO.C8H17N.2C8H16O.C7H14O/c1-7-9(5-6-10-7)8(2,3)4;1-8(2,3)9-4-6-10-7-5-9;1-8(2,3)9-6-4-5-7(9)10;1-8(2,3)9-6-4-5-7-9;1-8(2,3)7-4-5-9-6-7;1-8(2,3)7-5-4-6-9-7;1-7(2,3)6-4-5-8-6/h1,5-6H2,2-4H3;4-7H2,1-3H3;4-6H2,1-3H3;4-7H2,1-3H3;2*7H,4-6H2,1-3H3;6H,4-5H2,1-3H3/t;;;;2*7-;6-/m....100/s1. The molecule has 0 aliphatic carbocycles. The second kappa shape index (κ2) is 27.1. The lowest BCUT2D eigenvalue weighted by Crippen LogP contribution is -2.47. The molecular weight excluding hydrogens is 813 g/mol. The zero-order valence-corrected chi connectivity index (χ0v) is 47.0. The molecule has 7 rings (SSSR count). The molecule has 0 N–H and O–H groups in total. The average molecular weight is 924 g/mol. The number of nitrogens with zero attached hydrogens (tertiary/aromatic N) is 4. The van der Waals surface area contributed by atoms with Crippen molar-refractivity contribution in [1.29, 1.82) is 0 Å². The van der Waals surface area contributed by atoms with Gasteiger partial charge in [0.05, 0.1) is 32.0 Å². The lowest BCUT2D eigenvalue weighted by molar-refractivity contribution is -0.131. The lowest BCUT2D eigenvalue weighted by Gasteiger charge is -2.38. The Hall–Kier alpha value is -1.43. The SMILES string of the molecule is C=C1OCCN1C(C)(C)C.CC(C)(C)N1CCCC1.CC(C)(C)N1CCCC1=O.CC(C)(C)N1CCOCC1.CC(C)(C)[C@@H]1CCCO1.CC(C)(C)[C@@H]1CCO1.CC(C)(C)[C@@H]1CCOC1. The van der Waals surface area contributed by atoms with E-state index in [4.69, 9.17) is 23.7 Å². The first kappa shape index (κ1) is 61.6. The molecule has 0 unspecified atom stereocenters. The van der Waals surface area contributed by atoms with Crippen LogP contribution in [0.5, 0.6) is 0 Å².